The summed E-state index contributed by atoms with van der Waals surface area (Å²) in [5.41, 5.74) is 3.39. The van der Waals surface area contributed by atoms with Crippen LogP contribution < -0.4 is 5.32 Å². The number of nitrogens with one attached hydrogen (secondary N) is 1. The maximum atomic E-state index is 9.25. The second-order valence-electron chi connectivity index (χ2n) is 6.31. The quantitative estimate of drug-likeness (QED) is 0.475. The molecule has 0 unspecified atom stereocenters. The van der Waals surface area contributed by atoms with Crippen molar-refractivity contribution < 1.29 is 5.11 Å². The standard InChI is InChI=1S/C21H17N5OS/c27-11-10-22-20-18-21(26(13-23-18)14-6-2-1-3-7-14)25-19(24-20)16-12-28-17-9-5-4-8-15(16)17/h1-9,12-13,27H,10-11H2,(H,22,24,25). The van der Waals surface area contributed by atoms with E-state index in [0.717, 1.165) is 22.3 Å². The number of fused-ring (bicyclic) bond motifs is 2. The first-order valence-corrected chi connectivity index (χ1v) is 9.85. The van der Waals surface area contributed by atoms with Gasteiger partial charge in [0.05, 0.1) is 6.61 Å². The Morgan fingerprint density at radius 1 is 1.00 bits per heavy atom. The molecule has 0 radical (unpaired) electrons. The molecular formula is C21H17N5OS. The van der Waals surface area contributed by atoms with E-state index in [1.165, 1.54) is 4.70 Å². The second kappa shape index (κ2) is 7.03. The normalized spacial score (nSPS) is 11.3. The van der Waals surface area contributed by atoms with Crippen LogP contribution in [0.15, 0.2) is 66.3 Å². The van der Waals surface area contributed by atoms with Crippen molar-refractivity contribution in [2.24, 2.45) is 0 Å². The lowest BCUT2D eigenvalue weighted by atomic mass is 10.1. The third-order valence-corrected chi connectivity index (χ3v) is 5.52. The molecule has 5 rings (SSSR count). The van der Waals surface area contributed by atoms with Crippen LogP contribution >= 0.6 is 11.3 Å². The van der Waals surface area contributed by atoms with Gasteiger partial charge in [-0.25, -0.2) is 15.0 Å². The summed E-state index contributed by atoms with van der Waals surface area (Å²) < 4.78 is 3.15. The SMILES string of the molecule is OCCNc1nc(-c2csc3ccccc23)nc2c1ncn2-c1ccccc1. The summed E-state index contributed by atoms with van der Waals surface area (Å²) in [4.78, 5) is 14.1. The van der Waals surface area contributed by atoms with Crippen LogP contribution in [0.5, 0.6) is 0 Å². The number of imidazole rings is 1. The first-order valence-electron chi connectivity index (χ1n) is 8.97. The van der Waals surface area contributed by atoms with E-state index in [0.29, 0.717) is 23.7 Å². The Morgan fingerprint density at radius 2 is 1.82 bits per heavy atom. The lowest BCUT2D eigenvalue weighted by molar-refractivity contribution is 0.311. The predicted molar refractivity (Wildman–Crippen MR) is 113 cm³/mol. The van der Waals surface area contributed by atoms with Crippen LogP contribution in [-0.4, -0.2) is 37.8 Å². The second-order valence-corrected chi connectivity index (χ2v) is 7.23. The molecule has 0 saturated carbocycles. The van der Waals surface area contributed by atoms with Gasteiger partial charge in [-0.05, 0) is 18.2 Å². The summed E-state index contributed by atoms with van der Waals surface area (Å²) in [6.07, 6.45) is 1.76. The summed E-state index contributed by atoms with van der Waals surface area (Å²) in [5.74, 6) is 1.27. The molecule has 5 aromatic rings. The molecule has 0 aliphatic rings. The van der Waals surface area contributed by atoms with Crippen LogP contribution in [0.2, 0.25) is 0 Å². The van der Waals surface area contributed by atoms with Crippen molar-refractivity contribution in [3.05, 3.63) is 66.3 Å². The van der Waals surface area contributed by atoms with Gasteiger partial charge in [-0.1, -0.05) is 36.4 Å². The summed E-state index contributed by atoms with van der Waals surface area (Å²) in [5, 5.41) is 15.6. The minimum atomic E-state index is 0.0155. The highest BCUT2D eigenvalue weighted by molar-refractivity contribution is 7.17. The Kier molecular flexibility index (Phi) is 4.23. The van der Waals surface area contributed by atoms with Gasteiger partial charge >= 0.3 is 0 Å². The molecule has 3 aromatic heterocycles. The van der Waals surface area contributed by atoms with Crippen LogP contribution in [0.1, 0.15) is 0 Å². The molecule has 0 amide bonds. The molecule has 0 aliphatic carbocycles. The van der Waals surface area contributed by atoms with Gasteiger partial charge in [0.25, 0.3) is 0 Å². The molecule has 138 valence electrons. The molecule has 6 nitrogen and oxygen atoms in total. The van der Waals surface area contributed by atoms with Crippen molar-refractivity contribution in [3.8, 4) is 17.1 Å². The van der Waals surface area contributed by atoms with Gasteiger partial charge in [0, 0.05) is 33.3 Å². The van der Waals surface area contributed by atoms with E-state index >= 15 is 0 Å². The zero-order chi connectivity index (χ0) is 18.9. The molecule has 7 heteroatoms. The molecule has 0 bridgehead atoms. The van der Waals surface area contributed by atoms with Crippen LogP contribution in [0.25, 0.3) is 38.3 Å². The van der Waals surface area contributed by atoms with E-state index in [-0.39, 0.29) is 6.61 Å². The number of aromatic nitrogens is 4. The van der Waals surface area contributed by atoms with E-state index in [2.05, 4.69) is 27.8 Å². The molecule has 28 heavy (non-hydrogen) atoms. The van der Waals surface area contributed by atoms with Crippen LogP contribution in [0, 0.1) is 0 Å². The number of para-hydroxylation sites is 1. The molecule has 0 aliphatic heterocycles. The van der Waals surface area contributed by atoms with Crippen molar-refractivity contribution >= 4 is 38.4 Å². The minimum Gasteiger partial charge on any atom is -0.395 e. The lowest BCUT2D eigenvalue weighted by Crippen LogP contribution is -2.09. The predicted octanol–water partition coefficient (Wildman–Crippen LogP) is 4.10. The summed E-state index contributed by atoms with van der Waals surface area (Å²) in [6, 6.07) is 18.2. The van der Waals surface area contributed by atoms with Gasteiger partial charge < -0.3 is 10.4 Å². The summed E-state index contributed by atoms with van der Waals surface area (Å²) in [7, 11) is 0. The molecule has 0 atom stereocenters. The number of nitrogens with zero attached hydrogens (tertiary/aromatic N) is 4. The van der Waals surface area contributed by atoms with Gasteiger partial charge in [-0.15, -0.1) is 11.3 Å². The molecule has 2 aromatic carbocycles. The number of anilines is 1. The van der Waals surface area contributed by atoms with E-state index in [9.17, 15) is 5.11 Å². The van der Waals surface area contributed by atoms with Crippen molar-refractivity contribution in [2.45, 2.75) is 0 Å². The Morgan fingerprint density at radius 3 is 2.68 bits per heavy atom. The van der Waals surface area contributed by atoms with Crippen LogP contribution in [-0.2, 0) is 0 Å². The van der Waals surface area contributed by atoms with E-state index in [4.69, 9.17) is 9.97 Å². The van der Waals surface area contributed by atoms with Crippen molar-refractivity contribution in [3.63, 3.8) is 0 Å². The number of aliphatic hydroxyl groups excluding tert-OH is 1. The van der Waals surface area contributed by atoms with E-state index in [1.807, 2.05) is 47.0 Å². The smallest absolute Gasteiger partial charge is 0.170 e. The molecule has 3 heterocycles. The number of aliphatic hydroxyl groups is 1. The fraction of sp³-hybridized carbons (Fsp3) is 0.0952. The van der Waals surface area contributed by atoms with Gasteiger partial charge in [0.15, 0.2) is 22.8 Å². The maximum Gasteiger partial charge on any atom is 0.170 e. The van der Waals surface area contributed by atoms with E-state index < -0.39 is 0 Å². The number of rotatable bonds is 5. The summed E-state index contributed by atoms with van der Waals surface area (Å²) >= 11 is 1.68. The average molecular weight is 387 g/mol. The number of benzene rings is 2. The number of hydrogen-bond donors (Lipinski definition) is 2. The zero-order valence-corrected chi connectivity index (χ0v) is 15.7. The maximum absolute atomic E-state index is 9.25. The molecular weight excluding hydrogens is 370 g/mol. The fourth-order valence-corrected chi connectivity index (χ4v) is 4.19. The minimum absolute atomic E-state index is 0.0155. The average Bonchev–Trinajstić information content (AvgIpc) is 3.37. The summed E-state index contributed by atoms with van der Waals surface area (Å²) in [6.45, 7) is 0.412. The van der Waals surface area contributed by atoms with Gasteiger partial charge in [0.1, 0.15) is 6.33 Å². The van der Waals surface area contributed by atoms with Crippen LogP contribution in [0.3, 0.4) is 0 Å². The highest BCUT2D eigenvalue weighted by Gasteiger charge is 2.17. The zero-order valence-electron chi connectivity index (χ0n) is 14.9. The first kappa shape index (κ1) is 16.9. The Balaban J connectivity index is 1.75. The number of thiophene rings is 1. The van der Waals surface area contributed by atoms with Gasteiger partial charge in [-0.3, -0.25) is 4.57 Å². The fourth-order valence-electron chi connectivity index (χ4n) is 3.25. The number of hydrogen-bond acceptors (Lipinski definition) is 6. The molecule has 0 fully saturated rings. The topological polar surface area (TPSA) is 75.9 Å². The largest absolute Gasteiger partial charge is 0.395 e. The highest BCUT2D eigenvalue weighted by Crippen LogP contribution is 2.34. The first-order chi connectivity index (χ1) is 13.8. The van der Waals surface area contributed by atoms with Crippen LogP contribution in [0.4, 0.5) is 5.82 Å². The Labute approximate surface area is 165 Å². The lowest BCUT2D eigenvalue weighted by Gasteiger charge is -2.09. The molecule has 0 saturated heterocycles. The van der Waals surface area contributed by atoms with Crippen molar-refractivity contribution in [2.75, 3.05) is 18.5 Å². The van der Waals surface area contributed by atoms with Gasteiger partial charge in [0.2, 0.25) is 0 Å². The third kappa shape index (κ3) is 2.81. The Hall–Kier alpha value is -3.29. The van der Waals surface area contributed by atoms with Crippen molar-refractivity contribution in [1.29, 1.82) is 0 Å². The van der Waals surface area contributed by atoms with Crippen molar-refractivity contribution in [1.82, 2.24) is 19.5 Å². The van der Waals surface area contributed by atoms with E-state index in [1.54, 1.807) is 17.7 Å². The Bertz CT molecular complexity index is 1260. The van der Waals surface area contributed by atoms with Gasteiger partial charge in [-0.2, -0.15) is 0 Å². The molecule has 2 N–H and O–H groups in total. The monoisotopic (exact) mass is 387 g/mol. The molecule has 0 spiro atoms. The third-order valence-electron chi connectivity index (χ3n) is 4.56. The highest BCUT2D eigenvalue weighted by atomic mass is 32.1.